The Morgan fingerprint density at radius 1 is 1.24 bits per heavy atom. The molecule has 7 nitrogen and oxygen atoms in total. The molecule has 33 heavy (non-hydrogen) atoms. The van der Waals surface area contributed by atoms with E-state index in [9.17, 15) is 9.18 Å². The summed E-state index contributed by atoms with van der Waals surface area (Å²) < 4.78 is 13.7. The summed E-state index contributed by atoms with van der Waals surface area (Å²) in [6.07, 6.45) is 1.87. The maximum absolute atomic E-state index is 13.7. The summed E-state index contributed by atoms with van der Waals surface area (Å²) in [5.41, 5.74) is 10.3. The molecule has 8 heteroatoms. The zero-order valence-electron chi connectivity index (χ0n) is 18.6. The number of hydrogen-bond donors (Lipinski definition) is 3. The van der Waals surface area contributed by atoms with Crippen LogP contribution in [0.25, 0.3) is 22.3 Å². The number of fused-ring (bicyclic) bond motifs is 2. The van der Waals surface area contributed by atoms with Gasteiger partial charge in [-0.15, -0.1) is 0 Å². The van der Waals surface area contributed by atoms with Gasteiger partial charge < -0.3 is 20.9 Å². The van der Waals surface area contributed by atoms with Crippen molar-refractivity contribution in [3.05, 3.63) is 70.7 Å². The Balaban J connectivity index is 1.64. The first-order valence-electron chi connectivity index (χ1n) is 10.9. The number of aromatic amines is 1. The quantitative estimate of drug-likeness (QED) is 0.429. The van der Waals surface area contributed by atoms with E-state index in [0.29, 0.717) is 23.4 Å². The van der Waals surface area contributed by atoms with Gasteiger partial charge in [-0.1, -0.05) is 24.3 Å². The molecule has 1 aliphatic rings. The van der Waals surface area contributed by atoms with Crippen LogP contribution in [-0.2, 0) is 13.0 Å². The molecule has 0 saturated carbocycles. The predicted molar refractivity (Wildman–Crippen MR) is 128 cm³/mol. The number of carbonyl (C=O) groups is 1. The molecule has 168 valence electrons. The van der Waals surface area contributed by atoms with Crippen LogP contribution in [0.15, 0.2) is 42.5 Å². The van der Waals surface area contributed by atoms with E-state index in [-0.39, 0.29) is 5.82 Å². The number of halogens is 1. The normalized spacial score (nSPS) is 13.2. The minimum atomic E-state index is -0.489. The Morgan fingerprint density at radius 2 is 2.06 bits per heavy atom. The van der Waals surface area contributed by atoms with Crippen LogP contribution in [0.4, 0.5) is 16.0 Å². The molecule has 4 aromatic rings. The second kappa shape index (κ2) is 8.20. The van der Waals surface area contributed by atoms with E-state index < -0.39 is 5.91 Å². The molecule has 0 fully saturated rings. The average Bonchev–Trinajstić information content (AvgIpc) is 3.13. The lowest BCUT2D eigenvalue weighted by atomic mass is 10.0. The summed E-state index contributed by atoms with van der Waals surface area (Å²) in [6, 6.07) is 12.0. The molecule has 3 heterocycles. The van der Waals surface area contributed by atoms with Gasteiger partial charge in [0.1, 0.15) is 17.5 Å². The molecule has 0 bridgehead atoms. The van der Waals surface area contributed by atoms with Crippen molar-refractivity contribution >= 4 is 28.4 Å². The third kappa shape index (κ3) is 3.77. The van der Waals surface area contributed by atoms with Gasteiger partial charge in [-0.25, -0.2) is 14.4 Å². The molecule has 0 unspecified atom stereocenters. The summed E-state index contributed by atoms with van der Waals surface area (Å²) in [4.78, 5) is 27.2. The van der Waals surface area contributed by atoms with Crippen LogP contribution in [-0.4, -0.2) is 34.5 Å². The first kappa shape index (κ1) is 20.9. The van der Waals surface area contributed by atoms with Crippen molar-refractivity contribution in [2.75, 3.05) is 23.8 Å². The molecule has 5 rings (SSSR count). The van der Waals surface area contributed by atoms with Crippen molar-refractivity contribution < 1.29 is 9.18 Å². The number of nitrogens with two attached hydrogens (primary N) is 1. The number of aryl methyl sites for hydroxylation is 1. The molecule has 2 aromatic carbocycles. The van der Waals surface area contributed by atoms with Crippen molar-refractivity contribution in [3.63, 3.8) is 0 Å². The first-order valence-corrected chi connectivity index (χ1v) is 10.9. The van der Waals surface area contributed by atoms with Crippen LogP contribution >= 0.6 is 0 Å². The molecular formula is C25H25FN6O. The zero-order chi connectivity index (χ0) is 23.1. The van der Waals surface area contributed by atoms with Gasteiger partial charge in [-0.05, 0) is 43.5 Å². The number of nitrogens with one attached hydrogen (secondary N) is 2. The van der Waals surface area contributed by atoms with E-state index in [1.165, 1.54) is 12.1 Å². The molecule has 1 amide bonds. The van der Waals surface area contributed by atoms with E-state index in [2.05, 4.69) is 15.2 Å². The molecule has 4 N–H and O–H groups in total. The second-order valence-corrected chi connectivity index (χ2v) is 8.42. The Morgan fingerprint density at radius 3 is 2.85 bits per heavy atom. The minimum absolute atomic E-state index is 0.265. The SMILES string of the molecule is Cc1[nH]c2c(C(N)=O)cccc2c1-c1nc(NCc2cccc(F)c2)c2c(n1)N(C)CCC2. The molecule has 2 aromatic heterocycles. The van der Waals surface area contributed by atoms with Gasteiger partial charge in [-0.2, -0.15) is 0 Å². The number of primary amides is 1. The lowest BCUT2D eigenvalue weighted by Gasteiger charge is -2.28. The van der Waals surface area contributed by atoms with E-state index >= 15 is 0 Å². The van der Waals surface area contributed by atoms with Gasteiger partial charge in [0.25, 0.3) is 5.91 Å². The minimum Gasteiger partial charge on any atom is -0.366 e. The number of hydrogen-bond acceptors (Lipinski definition) is 5. The van der Waals surface area contributed by atoms with Crippen LogP contribution in [0.5, 0.6) is 0 Å². The van der Waals surface area contributed by atoms with Gasteiger partial charge >= 0.3 is 0 Å². The Bertz CT molecular complexity index is 1380. The zero-order valence-corrected chi connectivity index (χ0v) is 18.6. The highest BCUT2D eigenvalue weighted by atomic mass is 19.1. The van der Waals surface area contributed by atoms with Crippen LogP contribution < -0.4 is 16.0 Å². The standard InChI is InChI=1S/C25H25FN6O/c1-14-20(17-8-4-9-18(22(27)33)21(17)29-14)24-30-23(19-10-5-11-32(2)25(19)31-24)28-13-15-6-3-7-16(26)12-15/h3-4,6-9,12,29H,5,10-11,13H2,1-2H3,(H2,27,33)(H,28,30,31). The van der Waals surface area contributed by atoms with Crippen molar-refractivity contribution in [1.82, 2.24) is 15.0 Å². The number of para-hydroxylation sites is 1. The molecule has 0 atom stereocenters. The first-order chi connectivity index (χ1) is 15.9. The van der Waals surface area contributed by atoms with Gasteiger partial charge in [-0.3, -0.25) is 4.79 Å². The predicted octanol–water partition coefficient (Wildman–Crippen LogP) is 4.17. The Kier molecular flexibility index (Phi) is 5.20. The third-order valence-electron chi connectivity index (χ3n) is 6.13. The van der Waals surface area contributed by atoms with E-state index in [1.807, 2.05) is 32.2 Å². The number of amides is 1. The number of nitrogens with zero attached hydrogens (tertiary/aromatic N) is 3. The average molecular weight is 445 g/mol. The number of H-pyrrole nitrogens is 1. The number of benzene rings is 2. The number of anilines is 2. The van der Waals surface area contributed by atoms with Gasteiger partial charge in [0, 0.05) is 42.3 Å². The summed E-state index contributed by atoms with van der Waals surface area (Å²) in [6.45, 7) is 3.29. The Labute approximate surface area is 190 Å². The fourth-order valence-corrected chi connectivity index (χ4v) is 4.55. The summed E-state index contributed by atoms with van der Waals surface area (Å²) in [5, 5.41) is 4.25. The smallest absolute Gasteiger partial charge is 0.250 e. The van der Waals surface area contributed by atoms with Gasteiger partial charge in [0.2, 0.25) is 0 Å². The maximum atomic E-state index is 13.7. The topological polar surface area (TPSA) is 99.9 Å². The lowest BCUT2D eigenvalue weighted by Crippen LogP contribution is -2.27. The summed E-state index contributed by atoms with van der Waals surface area (Å²) >= 11 is 0. The highest BCUT2D eigenvalue weighted by Crippen LogP contribution is 2.36. The van der Waals surface area contributed by atoms with Crippen LogP contribution in [0.3, 0.4) is 0 Å². The molecule has 1 aliphatic heterocycles. The summed E-state index contributed by atoms with van der Waals surface area (Å²) in [7, 11) is 2.03. The molecule has 0 spiro atoms. The van der Waals surface area contributed by atoms with E-state index in [1.54, 1.807) is 12.1 Å². The van der Waals surface area contributed by atoms with E-state index in [4.69, 9.17) is 15.7 Å². The van der Waals surface area contributed by atoms with Crippen LogP contribution in [0.1, 0.15) is 33.6 Å². The van der Waals surface area contributed by atoms with Gasteiger partial charge in [0.05, 0.1) is 11.1 Å². The molecular weight excluding hydrogens is 419 g/mol. The highest BCUT2D eigenvalue weighted by Gasteiger charge is 2.24. The van der Waals surface area contributed by atoms with Crippen molar-refractivity contribution in [2.24, 2.45) is 5.73 Å². The lowest BCUT2D eigenvalue weighted by molar-refractivity contribution is 0.100. The van der Waals surface area contributed by atoms with E-state index in [0.717, 1.165) is 58.8 Å². The fourth-order valence-electron chi connectivity index (χ4n) is 4.55. The van der Waals surface area contributed by atoms with Crippen molar-refractivity contribution in [2.45, 2.75) is 26.3 Å². The molecule has 0 radical (unpaired) electrons. The molecule has 0 aliphatic carbocycles. The van der Waals surface area contributed by atoms with Gasteiger partial charge in [0.15, 0.2) is 5.82 Å². The number of carbonyl (C=O) groups excluding carboxylic acids is 1. The largest absolute Gasteiger partial charge is 0.366 e. The second-order valence-electron chi connectivity index (χ2n) is 8.42. The Hall–Kier alpha value is -3.94. The maximum Gasteiger partial charge on any atom is 0.250 e. The number of rotatable bonds is 5. The monoisotopic (exact) mass is 444 g/mol. The highest BCUT2D eigenvalue weighted by molar-refractivity contribution is 6.09. The van der Waals surface area contributed by atoms with Crippen LogP contribution in [0, 0.1) is 12.7 Å². The van der Waals surface area contributed by atoms with Crippen LogP contribution in [0.2, 0.25) is 0 Å². The molecule has 0 saturated heterocycles. The van der Waals surface area contributed by atoms with Crippen molar-refractivity contribution in [1.29, 1.82) is 0 Å². The number of aromatic nitrogens is 3. The summed E-state index contributed by atoms with van der Waals surface area (Å²) in [5.74, 6) is 1.43. The third-order valence-corrected chi connectivity index (χ3v) is 6.13. The van der Waals surface area contributed by atoms with Crippen molar-refractivity contribution in [3.8, 4) is 11.4 Å². The fraction of sp³-hybridized carbons (Fsp3) is 0.240.